The number of rotatable bonds is 9. The fourth-order valence-corrected chi connectivity index (χ4v) is 1.99. The summed E-state index contributed by atoms with van der Waals surface area (Å²) < 4.78 is 21.7. The van der Waals surface area contributed by atoms with E-state index in [0.29, 0.717) is 19.3 Å². The molecule has 17 heavy (non-hydrogen) atoms. The van der Waals surface area contributed by atoms with Crippen LogP contribution in [0, 0.1) is 0 Å². The quantitative estimate of drug-likeness (QED) is 0.460. The summed E-state index contributed by atoms with van der Waals surface area (Å²) in [6.45, 7) is 3.97. The van der Waals surface area contributed by atoms with Gasteiger partial charge in [0.15, 0.2) is 6.29 Å². The van der Waals surface area contributed by atoms with Crippen LogP contribution in [0.5, 0.6) is 0 Å². The van der Waals surface area contributed by atoms with Gasteiger partial charge in [-0.3, -0.25) is 0 Å². The molecular formula is C13H24O4. The molecule has 0 aromatic heterocycles. The normalized spacial score (nSPS) is 28.2. The molecule has 2 aliphatic heterocycles. The Bertz CT molecular complexity index is 188. The summed E-state index contributed by atoms with van der Waals surface area (Å²) in [6, 6.07) is 0. The monoisotopic (exact) mass is 244 g/mol. The summed E-state index contributed by atoms with van der Waals surface area (Å²) in [7, 11) is 0. The van der Waals surface area contributed by atoms with Gasteiger partial charge in [0.25, 0.3) is 0 Å². The van der Waals surface area contributed by atoms with E-state index in [1.54, 1.807) is 0 Å². The molecule has 2 fully saturated rings. The fourth-order valence-electron chi connectivity index (χ4n) is 1.99. The highest BCUT2D eigenvalue weighted by atomic mass is 16.7. The van der Waals surface area contributed by atoms with Gasteiger partial charge >= 0.3 is 0 Å². The van der Waals surface area contributed by atoms with Crippen LogP contribution in [0.3, 0.4) is 0 Å². The second kappa shape index (κ2) is 8.03. The number of ether oxygens (including phenoxy) is 4. The average Bonchev–Trinajstić information content (AvgIpc) is 3.18. The first-order chi connectivity index (χ1) is 8.45. The van der Waals surface area contributed by atoms with Crippen LogP contribution in [0.15, 0.2) is 0 Å². The molecule has 2 saturated heterocycles. The minimum absolute atomic E-state index is 0.0133. The molecule has 2 heterocycles. The molecule has 0 aliphatic carbocycles. The Morgan fingerprint density at radius 1 is 1.00 bits per heavy atom. The van der Waals surface area contributed by atoms with E-state index >= 15 is 0 Å². The lowest BCUT2D eigenvalue weighted by molar-refractivity contribution is -0.169. The van der Waals surface area contributed by atoms with E-state index in [2.05, 4.69) is 0 Å². The largest absolute Gasteiger partial charge is 0.379 e. The fraction of sp³-hybridized carbons (Fsp3) is 1.00. The van der Waals surface area contributed by atoms with Crippen molar-refractivity contribution in [3.05, 3.63) is 0 Å². The van der Waals surface area contributed by atoms with Crippen molar-refractivity contribution in [3.63, 3.8) is 0 Å². The molecule has 0 bridgehead atoms. The third-order valence-electron chi connectivity index (χ3n) is 3.14. The Labute approximate surface area is 104 Å². The van der Waals surface area contributed by atoms with Crippen molar-refractivity contribution in [2.75, 3.05) is 33.0 Å². The Hall–Kier alpha value is -0.160. The molecule has 100 valence electrons. The zero-order valence-corrected chi connectivity index (χ0v) is 10.6. The van der Waals surface area contributed by atoms with E-state index in [1.165, 1.54) is 25.7 Å². The van der Waals surface area contributed by atoms with Gasteiger partial charge in [0, 0.05) is 13.2 Å². The van der Waals surface area contributed by atoms with E-state index in [1.807, 2.05) is 0 Å². The van der Waals surface area contributed by atoms with Crippen LogP contribution < -0.4 is 0 Å². The molecule has 0 radical (unpaired) electrons. The Morgan fingerprint density at radius 2 is 1.94 bits per heavy atom. The maximum absolute atomic E-state index is 5.57. The molecular weight excluding hydrogens is 220 g/mol. The van der Waals surface area contributed by atoms with Crippen LogP contribution in [-0.4, -0.2) is 45.4 Å². The lowest BCUT2D eigenvalue weighted by atomic mass is 10.2. The second-order valence-electron chi connectivity index (χ2n) is 4.73. The second-order valence-corrected chi connectivity index (χ2v) is 4.73. The minimum atomic E-state index is 0.0133. The zero-order valence-electron chi connectivity index (χ0n) is 10.6. The van der Waals surface area contributed by atoms with Gasteiger partial charge in [-0.25, -0.2) is 0 Å². The standard InChI is InChI=1S/C13H24O4/c1(5-12-11-17-12)3-7-14-9-10-16-13-6-2-4-8-15-13/h12-13H,1-11H2. The van der Waals surface area contributed by atoms with Crippen LogP contribution in [0.25, 0.3) is 0 Å². The molecule has 0 aromatic carbocycles. The van der Waals surface area contributed by atoms with E-state index in [-0.39, 0.29) is 6.29 Å². The van der Waals surface area contributed by atoms with Crippen molar-refractivity contribution < 1.29 is 18.9 Å². The summed E-state index contributed by atoms with van der Waals surface area (Å²) in [5.74, 6) is 0. The zero-order chi connectivity index (χ0) is 11.8. The summed E-state index contributed by atoms with van der Waals surface area (Å²) in [6.07, 6.45) is 7.51. The van der Waals surface area contributed by atoms with Crippen molar-refractivity contribution in [1.29, 1.82) is 0 Å². The van der Waals surface area contributed by atoms with Gasteiger partial charge in [0.1, 0.15) is 0 Å². The SMILES string of the molecule is C(CCC1CO1)COCCOC1CCCCO1. The van der Waals surface area contributed by atoms with Crippen LogP contribution in [0.2, 0.25) is 0 Å². The Kier molecular flexibility index (Phi) is 6.27. The van der Waals surface area contributed by atoms with Crippen molar-refractivity contribution in [1.82, 2.24) is 0 Å². The molecule has 0 amide bonds. The Balaban J connectivity index is 1.31. The summed E-state index contributed by atoms with van der Waals surface area (Å²) >= 11 is 0. The molecule has 2 aliphatic rings. The van der Waals surface area contributed by atoms with E-state index in [0.717, 1.165) is 32.7 Å². The maximum Gasteiger partial charge on any atom is 0.157 e. The molecule has 0 saturated carbocycles. The smallest absolute Gasteiger partial charge is 0.157 e. The average molecular weight is 244 g/mol. The highest BCUT2D eigenvalue weighted by Gasteiger charge is 2.20. The van der Waals surface area contributed by atoms with Crippen molar-refractivity contribution in [2.45, 2.75) is 50.9 Å². The maximum atomic E-state index is 5.57. The predicted octanol–water partition coefficient (Wildman–Crippen LogP) is 2.12. The minimum Gasteiger partial charge on any atom is -0.379 e. The first-order valence-corrected chi connectivity index (χ1v) is 6.88. The predicted molar refractivity (Wildman–Crippen MR) is 64.0 cm³/mol. The van der Waals surface area contributed by atoms with Crippen molar-refractivity contribution >= 4 is 0 Å². The third kappa shape index (κ3) is 6.36. The van der Waals surface area contributed by atoms with Gasteiger partial charge in [0.05, 0.1) is 25.9 Å². The van der Waals surface area contributed by atoms with Crippen LogP contribution in [-0.2, 0) is 18.9 Å². The van der Waals surface area contributed by atoms with E-state index in [9.17, 15) is 0 Å². The number of unbranched alkanes of at least 4 members (excludes halogenated alkanes) is 1. The molecule has 0 spiro atoms. The lowest BCUT2D eigenvalue weighted by Gasteiger charge is -2.22. The third-order valence-corrected chi connectivity index (χ3v) is 3.14. The van der Waals surface area contributed by atoms with Gasteiger partial charge in [-0.05, 0) is 38.5 Å². The number of epoxide rings is 1. The van der Waals surface area contributed by atoms with Crippen LogP contribution in [0.1, 0.15) is 38.5 Å². The van der Waals surface area contributed by atoms with Crippen molar-refractivity contribution in [3.8, 4) is 0 Å². The summed E-state index contributed by atoms with van der Waals surface area (Å²) in [5, 5.41) is 0. The molecule has 2 atom stereocenters. The Morgan fingerprint density at radius 3 is 2.71 bits per heavy atom. The molecule has 0 N–H and O–H groups in total. The van der Waals surface area contributed by atoms with Gasteiger partial charge in [-0.1, -0.05) is 0 Å². The van der Waals surface area contributed by atoms with Crippen molar-refractivity contribution in [2.24, 2.45) is 0 Å². The highest BCUT2D eigenvalue weighted by Crippen LogP contribution is 2.16. The first kappa shape index (κ1) is 13.3. The topological polar surface area (TPSA) is 40.2 Å². The molecule has 2 rings (SSSR count). The lowest BCUT2D eigenvalue weighted by Crippen LogP contribution is -2.24. The van der Waals surface area contributed by atoms with Crippen LogP contribution >= 0.6 is 0 Å². The molecule has 0 aromatic rings. The highest BCUT2D eigenvalue weighted by molar-refractivity contribution is 4.67. The van der Waals surface area contributed by atoms with Crippen LogP contribution in [0.4, 0.5) is 0 Å². The van der Waals surface area contributed by atoms with E-state index < -0.39 is 0 Å². The van der Waals surface area contributed by atoms with Gasteiger partial charge in [-0.15, -0.1) is 0 Å². The van der Waals surface area contributed by atoms with Gasteiger partial charge in [-0.2, -0.15) is 0 Å². The summed E-state index contributed by atoms with van der Waals surface area (Å²) in [4.78, 5) is 0. The number of hydrogen-bond acceptors (Lipinski definition) is 4. The molecule has 2 unspecified atom stereocenters. The van der Waals surface area contributed by atoms with E-state index in [4.69, 9.17) is 18.9 Å². The molecule has 4 nitrogen and oxygen atoms in total. The van der Waals surface area contributed by atoms with Gasteiger partial charge < -0.3 is 18.9 Å². The first-order valence-electron chi connectivity index (χ1n) is 6.88. The summed E-state index contributed by atoms with van der Waals surface area (Å²) in [5.41, 5.74) is 0. The van der Waals surface area contributed by atoms with Gasteiger partial charge in [0.2, 0.25) is 0 Å². The molecule has 4 heteroatoms. The number of hydrogen-bond donors (Lipinski definition) is 0.